The minimum Gasteiger partial charge on any atom is -0.467 e. The van der Waals surface area contributed by atoms with Crippen molar-refractivity contribution in [3.8, 4) is 0 Å². The molecule has 2 rings (SSSR count). The first-order valence-electron chi connectivity index (χ1n) is 7.79. The fourth-order valence-electron chi connectivity index (χ4n) is 2.34. The fourth-order valence-corrected chi connectivity index (χ4v) is 3.43. The number of imide groups is 1. The van der Waals surface area contributed by atoms with Crippen molar-refractivity contribution >= 4 is 22.1 Å². The van der Waals surface area contributed by atoms with Crippen LogP contribution in [0.4, 0.5) is 4.79 Å². The number of furan rings is 1. The van der Waals surface area contributed by atoms with Gasteiger partial charge in [0.15, 0.2) is 0 Å². The van der Waals surface area contributed by atoms with Crippen LogP contribution >= 0.6 is 0 Å². The van der Waals surface area contributed by atoms with Crippen molar-refractivity contribution in [3.05, 3.63) is 24.2 Å². The summed E-state index contributed by atoms with van der Waals surface area (Å²) in [6, 6.07) is 2.81. The van der Waals surface area contributed by atoms with Crippen molar-refractivity contribution in [3.63, 3.8) is 0 Å². The molecule has 0 spiro atoms. The molecule has 1 aromatic rings. The SMILES string of the molecule is CN(C)S(=O)(=O)N1CCN(CC(=O)NC(=O)NCc2ccco2)CC1. The maximum atomic E-state index is 12.0. The van der Waals surface area contributed by atoms with Crippen molar-refractivity contribution in [2.75, 3.05) is 46.8 Å². The standard InChI is InChI=1S/C14H23N5O5S/c1-17(2)25(22,23)19-7-5-18(6-8-19)11-13(20)16-14(21)15-10-12-4-3-9-24-12/h3-4,9H,5-8,10-11H2,1-2H3,(H2,15,16,20,21). The van der Waals surface area contributed by atoms with E-state index >= 15 is 0 Å². The average Bonchev–Trinajstić information content (AvgIpc) is 3.06. The van der Waals surface area contributed by atoms with E-state index in [1.807, 2.05) is 0 Å². The number of nitrogens with one attached hydrogen (secondary N) is 2. The van der Waals surface area contributed by atoms with Gasteiger partial charge >= 0.3 is 6.03 Å². The third kappa shape index (κ3) is 5.53. The number of hydrogen-bond donors (Lipinski definition) is 2. The Kier molecular flexibility index (Phi) is 6.53. The number of rotatable bonds is 6. The molecule has 0 unspecified atom stereocenters. The Morgan fingerprint density at radius 3 is 2.48 bits per heavy atom. The van der Waals surface area contributed by atoms with Gasteiger partial charge in [-0.15, -0.1) is 0 Å². The first-order valence-corrected chi connectivity index (χ1v) is 9.19. The molecular weight excluding hydrogens is 350 g/mol. The first-order chi connectivity index (χ1) is 11.8. The van der Waals surface area contributed by atoms with Crippen LogP contribution in [0.25, 0.3) is 0 Å². The maximum absolute atomic E-state index is 12.0. The first kappa shape index (κ1) is 19.4. The predicted octanol–water partition coefficient (Wildman–Crippen LogP) is -0.971. The lowest BCUT2D eigenvalue weighted by Gasteiger charge is -2.34. The summed E-state index contributed by atoms with van der Waals surface area (Å²) in [5.74, 6) is 0.140. The van der Waals surface area contributed by atoms with E-state index < -0.39 is 22.1 Å². The fraction of sp³-hybridized carbons (Fsp3) is 0.571. The lowest BCUT2D eigenvalue weighted by molar-refractivity contribution is -0.121. The highest BCUT2D eigenvalue weighted by atomic mass is 32.2. The summed E-state index contributed by atoms with van der Waals surface area (Å²) in [6.07, 6.45) is 1.50. The van der Waals surface area contributed by atoms with Gasteiger partial charge in [-0.2, -0.15) is 17.0 Å². The highest BCUT2D eigenvalue weighted by Crippen LogP contribution is 2.09. The number of nitrogens with zero attached hydrogens (tertiary/aromatic N) is 3. The molecule has 0 radical (unpaired) electrons. The topological polar surface area (TPSA) is 115 Å². The molecule has 2 N–H and O–H groups in total. The highest BCUT2D eigenvalue weighted by molar-refractivity contribution is 7.86. The van der Waals surface area contributed by atoms with Gasteiger partial charge in [0.2, 0.25) is 5.91 Å². The summed E-state index contributed by atoms with van der Waals surface area (Å²) >= 11 is 0. The van der Waals surface area contributed by atoms with Gasteiger partial charge in [-0.25, -0.2) is 4.79 Å². The monoisotopic (exact) mass is 373 g/mol. The molecule has 1 fully saturated rings. The van der Waals surface area contributed by atoms with E-state index in [1.165, 1.54) is 29.0 Å². The molecule has 0 bridgehead atoms. The van der Waals surface area contributed by atoms with Gasteiger partial charge in [0.1, 0.15) is 5.76 Å². The van der Waals surface area contributed by atoms with Crippen LogP contribution < -0.4 is 10.6 Å². The van der Waals surface area contributed by atoms with Gasteiger partial charge in [-0.05, 0) is 12.1 Å². The largest absolute Gasteiger partial charge is 0.467 e. The quantitative estimate of drug-likeness (QED) is 0.663. The third-order valence-corrected chi connectivity index (χ3v) is 5.68. The molecule has 1 aliphatic rings. The van der Waals surface area contributed by atoms with Crippen LogP contribution in [0.5, 0.6) is 0 Å². The summed E-state index contributed by atoms with van der Waals surface area (Å²) in [5, 5.41) is 4.75. The number of carbonyl (C=O) groups excluding carboxylic acids is 2. The molecule has 0 aromatic carbocycles. The second kappa shape index (κ2) is 8.43. The minimum atomic E-state index is -3.43. The maximum Gasteiger partial charge on any atom is 0.321 e. The van der Waals surface area contributed by atoms with E-state index in [4.69, 9.17) is 4.42 Å². The van der Waals surface area contributed by atoms with Gasteiger partial charge in [0.25, 0.3) is 10.2 Å². The third-order valence-electron chi connectivity index (χ3n) is 3.74. The second-order valence-electron chi connectivity index (χ2n) is 5.78. The molecule has 1 aliphatic heterocycles. The molecule has 1 aromatic heterocycles. The van der Waals surface area contributed by atoms with E-state index in [0.717, 1.165) is 0 Å². The zero-order valence-corrected chi connectivity index (χ0v) is 15.1. The number of carbonyl (C=O) groups is 2. The van der Waals surface area contributed by atoms with Crippen molar-refractivity contribution < 1.29 is 22.4 Å². The molecule has 0 aliphatic carbocycles. The summed E-state index contributed by atoms with van der Waals surface area (Å²) in [6.45, 7) is 1.68. The van der Waals surface area contributed by atoms with E-state index in [1.54, 1.807) is 17.0 Å². The molecule has 140 valence electrons. The van der Waals surface area contributed by atoms with Gasteiger partial charge in [-0.3, -0.25) is 15.0 Å². The minimum absolute atomic E-state index is 0.0318. The van der Waals surface area contributed by atoms with Gasteiger partial charge in [-0.1, -0.05) is 0 Å². The Bertz CT molecular complexity index is 680. The van der Waals surface area contributed by atoms with Crippen molar-refractivity contribution in [1.29, 1.82) is 0 Å². The van der Waals surface area contributed by atoms with E-state index in [9.17, 15) is 18.0 Å². The van der Waals surface area contributed by atoms with E-state index in [-0.39, 0.29) is 13.1 Å². The van der Waals surface area contributed by atoms with Gasteiger partial charge < -0.3 is 9.73 Å². The van der Waals surface area contributed by atoms with Gasteiger partial charge in [0.05, 0.1) is 19.4 Å². The summed E-state index contributed by atoms with van der Waals surface area (Å²) < 4.78 is 31.7. The normalized spacial score (nSPS) is 16.8. The summed E-state index contributed by atoms with van der Waals surface area (Å²) in [4.78, 5) is 25.3. The molecule has 25 heavy (non-hydrogen) atoms. The molecule has 1 saturated heterocycles. The average molecular weight is 373 g/mol. The van der Waals surface area contributed by atoms with Crippen LogP contribution in [-0.2, 0) is 21.5 Å². The number of hydrogen-bond acceptors (Lipinski definition) is 6. The van der Waals surface area contributed by atoms with Crippen molar-refractivity contribution in [1.82, 2.24) is 24.1 Å². The van der Waals surface area contributed by atoms with Crippen LogP contribution in [-0.4, -0.2) is 80.7 Å². The lowest BCUT2D eigenvalue weighted by atomic mass is 10.3. The van der Waals surface area contributed by atoms with Crippen molar-refractivity contribution in [2.45, 2.75) is 6.54 Å². The van der Waals surface area contributed by atoms with Crippen LogP contribution in [0.1, 0.15) is 5.76 Å². The van der Waals surface area contributed by atoms with E-state index in [0.29, 0.717) is 31.9 Å². The van der Waals surface area contributed by atoms with Crippen LogP contribution in [0.3, 0.4) is 0 Å². The molecule has 0 atom stereocenters. The zero-order chi connectivity index (χ0) is 18.4. The Hall–Kier alpha value is -1.95. The smallest absolute Gasteiger partial charge is 0.321 e. The Morgan fingerprint density at radius 2 is 1.92 bits per heavy atom. The summed E-state index contributed by atoms with van der Waals surface area (Å²) in [7, 11) is -0.468. The lowest BCUT2D eigenvalue weighted by Crippen LogP contribution is -2.54. The highest BCUT2D eigenvalue weighted by Gasteiger charge is 2.29. The number of piperazine rings is 1. The van der Waals surface area contributed by atoms with Crippen LogP contribution in [0.2, 0.25) is 0 Å². The van der Waals surface area contributed by atoms with E-state index in [2.05, 4.69) is 10.6 Å². The molecular formula is C14H23N5O5S. The molecule has 2 heterocycles. The number of urea groups is 1. The Labute approximate surface area is 146 Å². The molecule has 3 amide bonds. The van der Waals surface area contributed by atoms with Crippen LogP contribution in [0, 0.1) is 0 Å². The molecule has 0 saturated carbocycles. The number of amides is 3. The summed E-state index contributed by atoms with van der Waals surface area (Å²) in [5.41, 5.74) is 0. The second-order valence-corrected chi connectivity index (χ2v) is 7.92. The van der Waals surface area contributed by atoms with Crippen LogP contribution in [0.15, 0.2) is 22.8 Å². The zero-order valence-electron chi connectivity index (χ0n) is 14.3. The Morgan fingerprint density at radius 1 is 1.24 bits per heavy atom. The van der Waals surface area contributed by atoms with Crippen molar-refractivity contribution in [2.24, 2.45) is 0 Å². The molecule has 11 heteroatoms. The van der Waals surface area contributed by atoms with Gasteiger partial charge in [0, 0.05) is 40.3 Å². The Balaban J connectivity index is 1.70. The predicted molar refractivity (Wildman–Crippen MR) is 89.7 cm³/mol. The molecule has 10 nitrogen and oxygen atoms in total.